The van der Waals surface area contributed by atoms with Gasteiger partial charge in [-0.15, -0.1) is 0 Å². The smallest absolute Gasteiger partial charge is 0.410 e. The van der Waals surface area contributed by atoms with Crippen molar-refractivity contribution in [3.63, 3.8) is 0 Å². The van der Waals surface area contributed by atoms with Gasteiger partial charge >= 0.3 is 11.7 Å². The van der Waals surface area contributed by atoms with Crippen molar-refractivity contribution in [1.82, 2.24) is 9.88 Å². The van der Waals surface area contributed by atoms with Crippen molar-refractivity contribution in [2.45, 2.75) is 58.8 Å². The van der Waals surface area contributed by atoms with Crippen LogP contribution in [0, 0.1) is 5.92 Å². The molecular weight excluding hydrogens is 500 g/mol. The zero-order chi connectivity index (χ0) is 28.5. The third-order valence-electron chi connectivity index (χ3n) is 6.82. The molecule has 0 saturated heterocycles. The van der Waals surface area contributed by atoms with Crippen LogP contribution in [0.2, 0.25) is 0 Å². The number of nitrogens with one attached hydrogen (secondary N) is 1. The molecule has 1 aromatic carbocycles. The maximum atomic E-state index is 13.1. The summed E-state index contributed by atoms with van der Waals surface area (Å²) in [4.78, 5) is 36.9. The molecule has 2 N–H and O–H groups in total. The second-order valence-electron chi connectivity index (χ2n) is 9.78. The van der Waals surface area contributed by atoms with Gasteiger partial charge < -0.3 is 23.6 Å². The highest BCUT2D eigenvalue weighted by Crippen LogP contribution is 2.28. The van der Waals surface area contributed by atoms with Gasteiger partial charge in [0.2, 0.25) is 0 Å². The molecule has 1 amide bonds. The number of aromatic nitrogens is 1. The Kier molecular flexibility index (Phi) is 10.4. The van der Waals surface area contributed by atoms with E-state index in [1.807, 2.05) is 32.2 Å². The van der Waals surface area contributed by atoms with Crippen molar-refractivity contribution in [3.05, 3.63) is 70.0 Å². The molecule has 39 heavy (non-hydrogen) atoms. The Morgan fingerprint density at radius 2 is 1.95 bits per heavy atom. The number of aromatic hydroxyl groups is 1. The summed E-state index contributed by atoms with van der Waals surface area (Å²) in [6.07, 6.45) is 5.93. The van der Waals surface area contributed by atoms with Crippen molar-refractivity contribution < 1.29 is 28.6 Å². The van der Waals surface area contributed by atoms with Crippen molar-refractivity contribution in [3.8, 4) is 11.5 Å². The quantitative estimate of drug-likeness (QED) is 0.263. The van der Waals surface area contributed by atoms with Crippen molar-refractivity contribution in [2.75, 3.05) is 13.7 Å². The fraction of sp³-hybridized carbons (Fsp3) is 0.433. The summed E-state index contributed by atoms with van der Waals surface area (Å²) >= 11 is 0. The number of ether oxygens (including phenoxy) is 2. The Bertz CT molecular complexity index is 1390. The number of alkyl carbamates (subject to hydrolysis) is 1. The summed E-state index contributed by atoms with van der Waals surface area (Å²) in [5.74, 6) is -0.350. The van der Waals surface area contributed by atoms with Gasteiger partial charge in [-0.25, -0.2) is 9.59 Å². The van der Waals surface area contributed by atoms with E-state index in [2.05, 4.69) is 27.6 Å². The standard InChI is InChI=1S/C30H38N2O7/c1-6-15-38-23-12-13-24-21(17-23)16-22(32(24)4)11-10-20(3)28(34)27-25(33)18-26(39-29(27)35)19(2)9-7-8-14-31-30(36)37-5/h8,12-14,16-20,33H,6-7,9-11,15H2,1-5H3,(H,31,36)/b14-8+. The van der Waals surface area contributed by atoms with Crippen LogP contribution in [-0.2, 0) is 18.2 Å². The minimum Gasteiger partial charge on any atom is -0.507 e. The van der Waals surface area contributed by atoms with Crippen LogP contribution in [0.25, 0.3) is 10.9 Å². The number of aryl methyl sites for hydroxylation is 2. The van der Waals surface area contributed by atoms with Gasteiger partial charge in [0.05, 0.1) is 13.7 Å². The number of ketones is 1. The first-order valence-electron chi connectivity index (χ1n) is 13.3. The first kappa shape index (κ1) is 29.5. The van der Waals surface area contributed by atoms with Gasteiger partial charge in [-0.05, 0) is 56.4 Å². The fourth-order valence-corrected chi connectivity index (χ4v) is 4.40. The monoisotopic (exact) mass is 538 g/mol. The van der Waals surface area contributed by atoms with Gasteiger partial charge in [0.1, 0.15) is 22.8 Å². The van der Waals surface area contributed by atoms with Gasteiger partial charge in [0.15, 0.2) is 5.78 Å². The maximum Gasteiger partial charge on any atom is 0.410 e. The number of nitrogens with zero attached hydrogens (tertiary/aromatic N) is 1. The third-order valence-corrected chi connectivity index (χ3v) is 6.82. The van der Waals surface area contributed by atoms with E-state index in [1.54, 1.807) is 13.0 Å². The molecule has 0 aliphatic carbocycles. The number of rotatable bonds is 13. The normalized spacial score (nSPS) is 12.9. The van der Waals surface area contributed by atoms with E-state index in [0.29, 0.717) is 38.1 Å². The van der Waals surface area contributed by atoms with E-state index in [9.17, 15) is 19.5 Å². The maximum absolute atomic E-state index is 13.1. The first-order valence-corrected chi connectivity index (χ1v) is 13.3. The summed E-state index contributed by atoms with van der Waals surface area (Å²) in [5.41, 5.74) is 0.996. The number of carbonyl (C=O) groups excluding carboxylic acids is 2. The minimum atomic E-state index is -0.833. The lowest BCUT2D eigenvalue weighted by Crippen LogP contribution is -2.21. The molecule has 0 aliphatic heterocycles. The van der Waals surface area contributed by atoms with Crippen LogP contribution in [0.5, 0.6) is 11.5 Å². The van der Waals surface area contributed by atoms with Crippen LogP contribution >= 0.6 is 0 Å². The predicted molar refractivity (Wildman–Crippen MR) is 149 cm³/mol. The highest BCUT2D eigenvalue weighted by Gasteiger charge is 2.25. The third kappa shape index (κ3) is 7.52. The van der Waals surface area contributed by atoms with Gasteiger partial charge in [-0.3, -0.25) is 10.1 Å². The van der Waals surface area contributed by atoms with Crippen LogP contribution in [0.15, 0.2) is 51.8 Å². The molecule has 3 aromatic rings. The summed E-state index contributed by atoms with van der Waals surface area (Å²) in [6, 6.07) is 9.45. The number of amides is 1. The second-order valence-corrected chi connectivity index (χ2v) is 9.78. The Labute approximate surface area is 228 Å². The van der Waals surface area contributed by atoms with Crippen LogP contribution in [0.3, 0.4) is 0 Å². The van der Waals surface area contributed by atoms with E-state index in [-0.39, 0.29) is 17.2 Å². The van der Waals surface area contributed by atoms with E-state index >= 15 is 0 Å². The first-order chi connectivity index (χ1) is 18.7. The summed E-state index contributed by atoms with van der Waals surface area (Å²) < 4.78 is 17.7. The number of benzene rings is 1. The van der Waals surface area contributed by atoms with Crippen LogP contribution in [-0.4, -0.2) is 35.3 Å². The number of allylic oxidation sites excluding steroid dienone is 1. The molecular formula is C30H38N2O7. The molecule has 2 unspecified atom stereocenters. The van der Waals surface area contributed by atoms with Crippen molar-refractivity contribution >= 4 is 22.8 Å². The Morgan fingerprint density at radius 1 is 1.18 bits per heavy atom. The lowest BCUT2D eigenvalue weighted by atomic mass is 9.94. The SMILES string of the molecule is CCCOc1ccc2c(c1)cc(CCC(C)C(=O)c1c(O)cc(C(C)CC/C=C/NC(=O)OC)oc1=O)n2C. The number of methoxy groups -OCH3 is 1. The van der Waals surface area contributed by atoms with Crippen LogP contribution < -0.4 is 15.7 Å². The molecule has 0 radical (unpaired) electrons. The molecule has 9 nitrogen and oxygen atoms in total. The van der Waals surface area contributed by atoms with Crippen molar-refractivity contribution in [1.29, 1.82) is 0 Å². The second kappa shape index (κ2) is 13.7. The van der Waals surface area contributed by atoms with Crippen LogP contribution in [0.4, 0.5) is 4.79 Å². The lowest BCUT2D eigenvalue weighted by Gasteiger charge is -2.13. The number of Topliss-reactive ketones (excluding diaryl/α,β-unsaturated/α-hetero) is 1. The van der Waals surface area contributed by atoms with Gasteiger partial charge in [0.25, 0.3) is 0 Å². The molecule has 2 aromatic heterocycles. The molecule has 0 fully saturated rings. The summed E-state index contributed by atoms with van der Waals surface area (Å²) in [6.45, 7) is 6.34. The summed E-state index contributed by atoms with van der Waals surface area (Å²) in [5, 5.41) is 14.1. The predicted octanol–water partition coefficient (Wildman–Crippen LogP) is 5.83. The van der Waals surface area contributed by atoms with E-state index in [1.165, 1.54) is 19.4 Å². The topological polar surface area (TPSA) is 120 Å². The minimum absolute atomic E-state index is 0.188. The number of fused-ring (bicyclic) bond motifs is 1. The van der Waals surface area contributed by atoms with E-state index < -0.39 is 23.4 Å². The zero-order valence-electron chi connectivity index (χ0n) is 23.3. The Balaban J connectivity index is 1.63. The number of hydrogen-bond acceptors (Lipinski definition) is 7. The molecule has 210 valence electrons. The molecule has 0 saturated carbocycles. The number of hydrogen-bond donors (Lipinski definition) is 2. The van der Waals surface area contributed by atoms with E-state index in [4.69, 9.17) is 9.15 Å². The fourth-order valence-electron chi connectivity index (χ4n) is 4.40. The molecule has 3 rings (SSSR count). The lowest BCUT2D eigenvalue weighted by molar-refractivity contribution is 0.0916. The average Bonchev–Trinajstić information content (AvgIpc) is 3.23. The molecule has 2 heterocycles. The van der Waals surface area contributed by atoms with Gasteiger partial charge in [-0.1, -0.05) is 26.8 Å². The van der Waals surface area contributed by atoms with Gasteiger partial charge in [-0.2, -0.15) is 0 Å². The van der Waals surface area contributed by atoms with E-state index in [0.717, 1.165) is 28.8 Å². The molecule has 2 atom stereocenters. The zero-order valence-corrected chi connectivity index (χ0v) is 23.3. The number of carbonyl (C=O) groups is 2. The highest BCUT2D eigenvalue weighted by molar-refractivity contribution is 5.99. The summed E-state index contributed by atoms with van der Waals surface area (Å²) in [7, 11) is 3.27. The molecule has 0 spiro atoms. The largest absolute Gasteiger partial charge is 0.507 e. The Hall–Kier alpha value is -4.01. The average molecular weight is 539 g/mol. The van der Waals surface area contributed by atoms with Gasteiger partial charge in [0, 0.05) is 47.7 Å². The van der Waals surface area contributed by atoms with Crippen LogP contribution in [0.1, 0.15) is 74.2 Å². The Morgan fingerprint density at radius 3 is 2.64 bits per heavy atom. The van der Waals surface area contributed by atoms with Crippen molar-refractivity contribution in [2.24, 2.45) is 13.0 Å². The highest BCUT2D eigenvalue weighted by atomic mass is 16.5. The molecule has 0 bridgehead atoms. The molecule has 0 aliphatic rings. The molecule has 9 heteroatoms.